The molecule has 4 rings (SSSR count). The Kier molecular flexibility index (Phi) is 6.09. The predicted octanol–water partition coefficient (Wildman–Crippen LogP) is 6.34. The van der Waals surface area contributed by atoms with Crippen LogP contribution in [-0.4, -0.2) is 21.9 Å². The van der Waals surface area contributed by atoms with E-state index in [1.165, 1.54) is 0 Å². The second-order valence-corrected chi connectivity index (χ2v) is 8.42. The highest BCUT2D eigenvalue weighted by atomic mass is 35.5. The molecule has 32 heavy (non-hydrogen) atoms. The lowest BCUT2D eigenvalue weighted by atomic mass is 9.97. The molecule has 3 aromatic rings. The predicted molar refractivity (Wildman–Crippen MR) is 117 cm³/mol. The van der Waals surface area contributed by atoms with Gasteiger partial charge >= 0.3 is 6.18 Å². The van der Waals surface area contributed by atoms with Gasteiger partial charge in [-0.05, 0) is 30.2 Å². The number of fused-ring (bicyclic) bond motifs is 1. The summed E-state index contributed by atoms with van der Waals surface area (Å²) in [7, 11) is 0. The molecular weight excluding hydrogens is 464 g/mol. The Morgan fingerprint density at radius 2 is 1.81 bits per heavy atom. The monoisotopic (exact) mass is 482 g/mol. The Morgan fingerprint density at radius 3 is 2.44 bits per heavy atom. The summed E-state index contributed by atoms with van der Waals surface area (Å²) in [5, 5.41) is 10.0. The number of anilines is 1. The molecule has 0 bridgehead atoms. The van der Waals surface area contributed by atoms with Crippen molar-refractivity contribution in [2.45, 2.75) is 37.6 Å². The van der Waals surface area contributed by atoms with Crippen LogP contribution in [0.25, 0.3) is 0 Å². The van der Waals surface area contributed by atoms with Crippen LogP contribution in [-0.2, 0) is 0 Å². The Labute approximate surface area is 192 Å². The fourth-order valence-electron chi connectivity index (χ4n) is 3.74. The van der Waals surface area contributed by atoms with Crippen molar-refractivity contribution >= 4 is 34.9 Å². The first-order chi connectivity index (χ1) is 15.1. The van der Waals surface area contributed by atoms with Gasteiger partial charge in [0.05, 0.1) is 12.1 Å². The van der Waals surface area contributed by atoms with Crippen molar-refractivity contribution in [3.63, 3.8) is 0 Å². The van der Waals surface area contributed by atoms with E-state index in [1.807, 2.05) is 30.3 Å². The van der Waals surface area contributed by atoms with E-state index in [0.29, 0.717) is 10.6 Å². The third-order valence-electron chi connectivity index (χ3n) is 5.43. The van der Waals surface area contributed by atoms with E-state index in [-0.39, 0.29) is 29.0 Å². The van der Waals surface area contributed by atoms with Gasteiger partial charge < -0.3 is 10.6 Å². The third-order valence-corrected chi connectivity index (χ3v) is 6.04. The summed E-state index contributed by atoms with van der Waals surface area (Å²) in [6.07, 6.45) is -4.89. The highest BCUT2D eigenvalue weighted by Crippen LogP contribution is 2.46. The Hall–Kier alpha value is -2.71. The number of aromatic nitrogens is 2. The number of carbonyl (C=O) groups excluding carboxylic acids is 1. The lowest BCUT2D eigenvalue weighted by molar-refractivity contribution is -0.173. The van der Waals surface area contributed by atoms with Gasteiger partial charge in [-0.25, -0.2) is 4.68 Å². The van der Waals surface area contributed by atoms with E-state index in [2.05, 4.69) is 15.7 Å². The molecule has 2 aromatic carbocycles. The van der Waals surface area contributed by atoms with Gasteiger partial charge in [0.15, 0.2) is 11.7 Å². The number of nitrogens with zero attached hydrogens (tertiary/aromatic N) is 2. The summed E-state index contributed by atoms with van der Waals surface area (Å²) in [5.41, 5.74) is 1.20. The molecule has 1 amide bonds. The minimum Gasteiger partial charge on any atom is -0.362 e. The largest absolute Gasteiger partial charge is 0.410 e. The molecule has 1 aliphatic rings. The van der Waals surface area contributed by atoms with Crippen molar-refractivity contribution in [2.75, 3.05) is 5.32 Å². The molecule has 168 valence electrons. The number of hydrogen-bond acceptors (Lipinski definition) is 3. The number of carbonyl (C=O) groups is 1. The van der Waals surface area contributed by atoms with Gasteiger partial charge in [0.25, 0.3) is 5.91 Å². The van der Waals surface area contributed by atoms with E-state index in [1.54, 1.807) is 31.2 Å². The van der Waals surface area contributed by atoms with Gasteiger partial charge in [-0.3, -0.25) is 4.79 Å². The minimum absolute atomic E-state index is 0.0438. The van der Waals surface area contributed by atoms with Gasteiger partial charge in [0, 0.05) is 11.4 Å². The number of benzene rings is 2. The van der Waals surface area contributed by atoms with Gasteiger partial charge in [0.1, 0.15) is 10.8 Å². The maximum atomic E-state index is 13.9. The van der Waals surface area contributed by atoms with Crippen LogP contribution in [0.15, 0.2) is 54.6 Å². The fraction of sp³-hybridized carbons (Fsp3) is 0.273. The first kappa shape index (κ1) is 22.5. The lowest BCUT2D eigenvalue weighted by Gasteiger charge is -2.33. The topological polar surface area (TPSA) is 59.0 Å². The molecule has 0 saturated heterocycles. The van der Waals surface area contributed by atoms with Crippen LogP contribution in [0.1, 0.15) is 53.1 Å². The van der Waals surface area contributed by atoms with Crippen molar-refractivity contribution in [1.29, 1.82) is 0 Å². The van der Waals surface area contributed by atoms with E-state index >= 15 is 0 Å². The van der Waals surface area contributed by atoms with Gasteiger partial charge in [0.2, 0.25) is 0 Å². The molecule has 0 radical (unpaired) electrons. The molecule has 0 aliphatic carbocycles. The van der Waals surface area contributed by atoms with Crippen LogP contribution >= 0.6 is 23.2 Å². The zero-order valence-electron chi connectivity index (χ0n) is 16.8. The number of nitrogens with one attached hydrogen (secondary N) is 2. The fourth-order valence-corrected chi connectivity index (χ4v) is 4.13. The highest BCUT2D eigenvalue weighted by molar-refractivity contribution is 6.36. The van der Waals surface area contributed by atoms with Crippen molar-refractivity contribution in [2.24, 2.45) is 0 Å². The first-order valence-corrected chi connectivity index (χ1v) is 10.6. The summed E-state index contributed by atoms with van der Waals surface area (Å²) in [6, 6.07) is 12.7. The maximum absolute atomic E-state index is 13.9. The van der Waals surface area contributed by atoms with E-state index in [4.69, 9.17) is 23.2 Å². The average Bonchev–Trinajstić information content (AvgIpc) is 3.10. The third kappa shape index (κ3) is 4.42. The number of amides is 1. The van der Waals surface area contributed by atoms with Crippen molar-refractivity contribution in [3.8, 4) is 0 Å². The van der Waals surface area contributed by atoms with Crippen molar-refractivity contribution in [1.82, 2.24) is 15.1 Å². The molecule has 1 aliphatic heterocycles. The van der Waals surface area contributed by atoms with Crippen molar-refractivity contribution < 1.29 is 18.0 Å². The summed E-state index contributed by atoms with van der Waals surface area (Å²) < 4.78 is 42.4. The Bertz CT molecular complexity index is 1120. The van der Waals surface area contributed by atoms with Gasteiger partial charge in [-0.2, -0.15) is 18.3 Å². The van der Waals surface area contributed by atoms with Crippen molar-refractivity contribution in [3.05, 3.63) is 81.5 Å². The quantitative estimate of drug-likeness (QED) is 0.455. The molecule has 1 aromatic heterocycles. The number of halogens is 5. The standard InChI is InChI=1S/C22H19Cl2F3N4O/c1-12(13-5-3-2-4-6-13)28-21(32)19-18(24)20-29-16(14-7-9-15(23)10-8-14)11-17(22(25,26)27)31(20)30-19/h2-10,12,16-17,29H,11H2,1H3,(H,28,32)/t12-,16+,17+/m0/s1. The summed E-state index contributed by atoms with van der Waals surface area (Å²) in [4.78, 5) is 12.8. The maximum Gasteiger partial charge on any atom is 0.410 e. The summed E-state index contributed by atoms with van der Waals surface area (Å²) in [6.45, 7) is 1.77. The number of alkyl halides is 3. The highest BCUT2D eigenvalue weighted by Gasteiger charge is 2.47. The van der Waals surface area contributed by atoms with Crippen LogP contribution in [0.5, 0.6) is 0 Å². The molecule has 0 unspecified atom stereocenters. The molecule has 2 N–H and O–H groups in total. The van der Waals surface area contributed by atoms with Crippen LogP contribution < -0.4 is 10.6 Å². The molecule has 0 fully saturated rings. The van der Waals surface area contributed by atoms with Gasteiger partial charge in [-0.15, -0.1) is 0 Å². The zero-order chi connectivity index (χ0) is 23.0. The van der Waals surface area contributed by atoms with Crippen LogP contribution in [0.4, 0.5) is 19.0 Å². The smallest absolute Gasteiger partial charge is 0.362 e. The van der Waals surface area contributed by atoms with Gasteiger partial charge in [-0.1, -0.05) is 65.7 Å². The lowest BCUT2D eigenvalue weighted by Crippen LogP contribution is -2.36. The first-order valence-electron chi connectivity index (χ1n) is 9.87. The number of rotatable bonds is 4. The second-order valence-electron chi connectivity index (χ2n) is 7.60. The molecule has 5 nitrogen and oxygen atoms in total. The number of hydrogen-bond donors (Lipinski definition) is 2. The van der Waals surface area contributed by atoms with E-state index < -0.39 is 24.2 Å². The van der Waals surface area contributed by atoms with E-state index in [9.17, 15) is 18.0 Å². The SMILES string of the molecule is C[C@H](NC(=O)c1nn2c(c1Cl)N[C@@H](c1ccc(Cl)cc1)C[C@@H]2C(F)(F)F)c1ccccc1. The summed E-state index contributed by atoms with van der Waals surface area (Å²) >= 11 is 12.3. The summed E-state index contributed by atoms with van der Waals surface area (Å²) in [5.74, 6) is -0.697. The average molecular weight is 483 g/mol. The zero-order valence-corrected chi connectivity index (χ0v) is 18.3. The van der Waals surface area contributed by atoms with Crippen LogP contribution in [0, 0.1) is 0 Å². The molecule has 0 saturated carbocycles. The molecule has 3 atom stereocenters. The van der Waals surface area contributed by atoms with Crippen LogP contribution in [0.3, 0.4) is 0 Å². The molecule has 0 spiro atoms. The molecule has 10 heteroatoms. The molecular formula is C22H19Cl2F3N4O. The Morgan fingerprint density at radius 1 is 1.16 bits per heavy atom. The second kappa shape index (κ2) is 8.67. The minimum atomic E-state index is -4.58. The normalized spacial score (nSPS) is 19.1. The van der Waals surface area contributed by atoms with Crippen LogP contribution in [0.2, 0.25) is 10.0 Å². The Balaban J connectivity index is 1.66. The van der Waals surface area contributed by atoms with E-state index in [0.717, 1.165) is 10.2 Å². The molecule has 2 heterocycles.